The van der Waals surface area contributed by atoms with Gasteiger partial charge in [0.1, 0.15) is 11.5 Å². The van der Waals surface area contributed by atoms with Crippen LogP contribution in [0.15, 0.2) is 64.9 Å². The summed E-state index contributed by atoms with van der Waals surface area (Å²) >= 11 is 3.46. The molecule has 1 heterocycles. The van der Waals surface area contributed by atoms with Crippen LogP contribution < -0.4 is 20.1 Å². The molecule has 0 aliphatic heterocycles. The Labute approximate surface area is 181 Å². The molecule has 0 unspecified atom stereocenters. The molecule has 1 aromatic heterocycles. The van der Waals surface area contributed by atoms with Crippen molar-refractivity contribution in [1.29, 1.82) is 0 Å². The zero-order chi connectivity index (χ0) is 21.5. The molecule has 3 aromatic rings. The number of methoxy groups -OCH3 is 2. The Hall–Kier alpha value is -3.59. The minimum absolute atomic E-state index is 0.0337. The second-order valence-electron chi connectivity index (χ2n) is 6.03. The molecule has 0 bridgehead atoms. The lowest BCUT2D eigenvalue weighted by Gasteiger charge is -2.13. The Morgan fingerprint density at radius 1 is 1.07 bits per heavy atom. The van der Waals surface area contributed by atoms with Gasteiger partial charge in [0.2, 0.25) is 0 Å². The van der Waals surface area contributed by atoms with Crippen molar-refractivity contribution in [2.24, 2.45) is 0 Å². The van der Waals surface area contributed by atoms with Gasteiger partial charge in [-0.25, -0.2) is 0 Å². The van der Waals surface area contributed by atoms with E-state index in [-0.39, 0.29) is 5.70 Å². The van der Waals surface area contributed by atoms with E-state index in [0.29, 0.717) is 32.9 Å². The molecule has 0 fully saturated rings. The van der Waals surface area contributed by atoms with Crippen LogP contribution in [0.25, 0.3) is 6.08 Å². The predicted molar refractivity (Wildman–Crippen MR) is 116 cm³/mol. The molecule has 8 nitrogen and oxygen atoms in total. The van der Waals surface area contributed by atoms with Gasteiger partial charge in [0.05, 0.1) is 20.4 Å². The van der Waals surface area contributed by atoms with Crippen molar-refractivity contribution in [3.63, 3.8) is 0 Å². The van der Waals surface area contributed by atoms with Crippen LogP contribution in [0.2, 0.25) is 0 Å². The van der Waals surface area contributed by atoms with Crippen molar-refractivity contribution in [3.05, 3.63) is 76.0 Å². The number of H-pyrrole nitrogens is 1. The van der Waals surface area contributed by atoms with Gasteiger partial charge < -0.3 is 20.1 Å². The number of aromatic amines is 1. The second-order valence-corrected chi connectivity index (χ2v) is 6.89. The summed E-state index contributed by atoms with van der Waals surface area (Å²) in [6, 6.07) is 13.6. The number of carbonyl (C=O) groups excluding carboxylic acids is 2. The van der Waals surface area contributed by atoms with Crippen molar-refractivity contribution < 1.29 is 19.1 Å². The molecule has 0 aliphatic rings. The smallest absolute Gasteiger partial charge is 0.273 e. The highest BCUT2D eigenvalue weighted by atomic mass is 79.9. The molecule has 0 aliphatic carbocycles. The van der Waals surface area contributed by atoms with Gasteiger partial charge in [-0.3, -0.25) is 14.7 Å². The van der Waals surface area contributed by atoms with Gasteiger partial charge in [0.15, 0.2) is 11.5 Å². The number of nitrogens with zero attached hydrogens (tertiary/aromatic N) is 1. The normalized spacial score (nSPS) is 11.0. The summed E-state index contributed by atoms with van der Waals surface area (Å²) in [7, 11) is 3.05. The fourth-order valence-corrected chi connectivity index (χ4v) is 3.03. The van der Waals surface area contributed by atoms with Crippen LogP contribution in [0.3, 0.4) is 0 Å². The lowest BCUT2D eigenvalue weighted by Crippen LogP contribution is -2.30. The van der Waals surface area contributed by atoms with Crippen molar-refractivity contribution in [2.75, 3.05) is 19.5 Å². The van der Waals surface area contributed by atoms with Gasteiger partial charge in [0, 0.05) is 16.1 Å². The monoisotopic (exact) mass is 470 g/mol. The molecule has 3 rings (SSSR count). The molecule has 9 heteroatoms. The number of anilines is 1. The first-order valence-corrected chi connectivity index (χ1v) is 9.61. The molecule has 2 amide bonds. The topological polar surface area (TPSA) is 105 Å². The lowest BCUT2D eigenvalue weighted by molar-refractivity contribution is -0.113. The zero-order valence-electron chi connectivity index (χ0n) is 16.2. The zero-order valence-corrected chi connectivity index (χ0v) is 17.8. The van der Waals surface area contributed by atoms with E-state index < -0.39 is 11.8 Å². The maximum atomic E-state index is 12.9. The van der Waals surface area contributed by atoms with E-state index >= 15 is 0 Å². The number of ether oxygens (including phenoxy) is 2. The molecule has 0 saturated carbocycles. The van der Waals surface area contributed by atoms with Crippen LogP contribution >= 0.6 is 15.9 Å². The van der Waals surface area contributed by atoms with E-state index in [1.54, 1.807) is 54.6 Å². The van der Waals surface area contributed by atoms with E-state index in [4.69, 9.17) is 9.47 Å². The average Bonchev–Trinajstić information content (AvgIpc) is 3.27. The standard InChI is InChI=1S/C21H19BrN4O4/c1-29-17-11-14(15(22)12-18(17)30-2)10-16(21(28)25-19-8-9-23-26-19)24-20(27)13-6-4-3-5-7-13/h3-12H,1-2H3,(H,24,27)(H2,23,25,26,28)/b16-10+. The fraction of sp³-hybridized carbons (Fsp3) is 0.0952. The van der Waals surface area contributed by atoms with Crippen LogP contribution in [-0.2, 0) is 4.79 Å². The Balaban J connectivity index is 1.98. The number of rotatable bonds is 7. The summed E-state index contributed by atoms with van der Waals surface area (Å²) in [6.07, 6.45) is 3.05. The molecule has 0 saturated heterocycles. The maximum Gasteiger partial charge on any atom is 0.273 e. The lowest BCUT2D eigenvalue weighted by atomic mass is 10.1. The Kier molecular flexibility index (Phi) is 6.87. The van der Waals surface area contributed by atoms with Crippen LogP contribution in [0, 0.1) is 0 Å². The number of carbonyl (C=O) groups is 2. The average molecular weight is 471 g/mol. The van der Waals surface area contributed by atoms with E-state index in [1.807, 2.05) is 0 Å². The molecule has 0 radical (unpaired) electrons. The first-order valence-electron chi connectivity index (χ1n) is 8.82. The van der Waals surface area contributed by atoms with E-state index in [9.17, 15) is 9.59 Å². The molecule has 30 heavy (non-hydrogen) atoms. The number of halogens is 1. The third kappa shape index (κ3) is 5.06. The van der Waals surface area contributed by atoms with Gasteiger partial charge in [-0.1, -0.05) is 34.1 Å². The van der Waals surface area contributed by atoms with Gasteiger partial charge in [-0.15, -0.1) is 0 Å². The summed E-state index contributed by atoms with van der Waals surface area (Å²) < 4.78 is 11.3. The van der Waals surface area contributed by atoms with Gasteiger partial charge in [-0.2, -0.15) is 5.10 Å². The van der Waals surface area contributed by atoms with E-state index in [2.05, 4.69) is 36.8 Å². The number of nitrogens with one attached hydrogen (secondary N) is 3. The summed E-state index contributed by atoms with van der Waals surface area (Å²) in [5, 5.41) is 11.8. The van der Waals surface area contributed by atoms with Crippen molar-refractivity contribution in [1.82, 2.24) is 15.5 Å². The van der Waals surface area contributed by atoms with Crippen LogP contribution in [-0.4, -0.2) is 36.2 Å². The summed E-state index contributed by atoms with van der Waals surface area (Å²) in [6.45, 7) is 0. The SMILES string of the molecule is COc1cc(Br)c(/C=C(/NC(=O)c2ccccc2)C(=O)Nc2ccn[nH]2)cc1OC. The molecule has 3 N–H and O–H groups in total. The largest absolute Gasteiger partial charge is 0.493 e. The number of benzene rings is 2. The molecule has 0 spiro atoms. The number of aromatic nitrogens is 2. The predicted octanol–water partition coefficient (Wildman–Crippen LogP) is 3.60. The first-order chi connectivity index (χ1) is 14.5. The quantitative estimate of drug-likeness (QED) is 0.457. The van der Waals surface area contributed by atoms with Gasteiger partial charge >= 0.3 is 0 Å². The van der Waals surface area contributed by atoms with Crippen molar-refractivity contribution >= 4 is 39.6 Å². The Bertz CT molecular complexity index is 1070. The fourth-order valence-electron chi connectivity index (χ4n) is 2.59. The minimum atomic E-state index is -0.523. The summed E-state index contributed by atoms with van der Waals surface area (Å²) in [4.78, 5) is 25.5. The Morgan fingerprint density at radius 2 is 1.77 bits per heavy atom. The number of amides is 2. The minimum Gasteiger partial charge on any atom is -0.493 e. The second kappa shape index (κ2) is 9.75. The Morgan fingerprint density at radius 3 is 2.40 bits per heavy atom. The molecular formula is C21H19BrN4O4. The van der Waals surface area contributed by atoms with Gasteiger partial charge in [-0.05, 0) is 35.9 Å². The highest BCUT2D eigenvalue weighted by Gasteiger charge is 2.17. The maximum absolute atomic E-state index is 12.9. The highest BCUT2D eigenvalue weighted by molar-refractivity contribution is 9.10. The molecule has 2 aromatic carbocycles. The van der Waals surface area contributed by atoms with Gasteiger partial charge in [0.25, 0.3) is 11.8 Å². The first kappa shape index (κ1) is 21.1. The van der Waals surface area contributed by atoms with Crippen molar-refractivity contribution in [2.45, 2.75) is 0 Å². The molecule has 154 valence electrons. The van der Waals surface area contributed by atoms with E-state index in [0.717, 1.165) is 0 Å². The third-order valence-electron chi connectivity index (χ3n) is 4.08. The third-order valence-corrected chi connectivity index (χ3v) is 4.77. The van der Waals surface area contributed by atoms with Crippen LogP contribution in [0.5, 0.6) is 11.5 Å². The molecular weight excluding hydrogens is 452 g/mol. The summed E-state index contributed by atoms with van der Waals surface area (Å²) in [5.74, 6) is 0.461. The summed E-state index contributed by atoms with van der Waals surface area (Å²) in [5.41, 5.74) is 1.06. The van der Waals surface area contributed by atoms with Crippen LogP contribution in [0.4, 0.5) is 5.82 Å². The highest BCUT2D eigenvalue weighted by Crippen LogP contribution is 2.34. The number of hydrogen-bond acceptors (Lipinski definition) is 5. The van der Waals surface area contributed by atoms with Crippen molar-refractivity contribution in [3.8, 4) is 11.5 Å². The van der Waals surface area contributed by atoms with Crippen LogP contribution in [0.1, 0.15) is 15.9 Å². The molecule has 0 atom stereocenters. The van der Waals surface area contributed by atoms with E-state index in [1.165, 1.54) is 20.4 Å². The number of hydrogen-bond donors (Lipinski definition) is 3.